The molecule has 2 rings (SSSR count). The fraction of sp³-hybridized carbons (Fsp3) is 0.565. The first-order valence-electron chi connectivity index (χ1n) is 10.2. The molecule has 1 amide bonds. The van der Waals surface area contributed by atoms with Crippen molar-refractivity contribution in [3.8, 4) is 11.8 Å². The Kier molecular flexibility index (Phi) is 8.94. The fourth-order valence-electron chi connectivity index (χ4n) is 4.09. The zero-order valence-corrected chi connectivity index (χ0v) is 17.7. The molecule has 0 spiro atoms. The summed E-state index contributed by atoms with van der Waals surface area (Å²) in [7, 11) is 0. The lowest BCUT2D eigenvalue weighted by atomic mass is 9.80. The van der Waals surface area contributed by atoms with E-state index in [4.69, 9.17) is 0 Å². The highest BCUT2D eigenvalue weighted by molar-refractivity contribution is 5.87. The molecular weight excluding hydrogens is 392 g/mol. The van der Waals surface area contributed by atoms with Gasteiger partial charge in [0.15, 0.2) is 0 Å². The summed E-state index contributed by atoms with van der Waals surface area (Å²) in [6.07, 6.45) is 0.496. The van der Waals surface area contributed by atoms with E-state index in [9.17, 15) is 23.5 Å². The van der Waals surface area contributed by atoms with Gasteiger partial charge in [0.1, 0.15) is 12.4 Å². The fourth-order valence-corrected chi connectivity index (χ4v) is 4.09. The number of carbonyl (C=O) groups is 2. The monoisotopic (exact) mass is 421 g/mol. The van der Waals surface area contributed by atoms with E-state index in [0.717, 1.165) is 22.3 Å². The summed E-state index contributed by atoms with van der Waals surface area (Å²) in [4.78, 5) is 26.6. The molecule has 0 saturated carbocycles. The number of aryl methyl sites for hydroxylation is 2. The molecule has 0 bridgehead atoms. The number of nitrogens with zero attached hydrogens (tertiary/aromatic N) is 1. The Labute approximate surface area is 176 Å². The highest BCUT2D eigenvalue weighted by Crippen LogP contribution is 2.32. The smallest absolute Gasteiger partial charge is 0.345 e. The Hall–Kier alpha value is -2.30. The molecule has 0 aromatic heterocycles. The van der Waals surface area contributed by atoms with Gasteiger partial charge in [0, 0.05) is 25.1 Å². The molecule has 1 aromatic carbocycles. The molecule has 7 heteroatoms. The summed E-state index contributed by atoms with van der Waals surface area (Å²) >= 11 is 0. The van der Waals surface area contributed by atoms with Gasteiger partial charge in [-0.15, -0.1) is 5.92 Å². The number of Topliss-reactive ketones (excluding diaryl/α,β-unsaturated/α-hetero) is 1. The molecule has 1 saturated heterocycles. The Balaban J connectivity index is 2.18. The van der Waals surface area contributed by atoms with Gasteiger partial charge in [0.05, 0.1) is 12.0 Å². The van der Waals surface area contributed by atoms with Crippen molar-refractivity contribution in [3.63, 3.8) is 0 Å². The van der Waals surface area contributed by atoms with Crippen LogP contribution in [0.25, 0.3) is 0 Å². The summed E-state index contributed by atoms with van der Waals surface area (Å²) in [6.45, 7) is 2.54. The van der Waals surface area contributed by atoms with E-state index in [0.29, 0.717) is 32.4 Å². The molecule has 1 aromatic rings. The van der Waals surface area contributed by atoms with Gasteiger partial charge in [0.2, 0.25) is 5.91 Å². The number of hydrogen-bond acceptors (Lipinski definition) is 4. The number of halogens is 2. The molecule has 30 heavy (non-hydrogen) atoms. The lowest BCUT2D eigenvalue weighted by Gasteiger charge is -2.29. The van der Waals surface area contributed by atoms with Crippen LogP contribution in [0.3, 0.4) is 0 Å². The predicted octanol–water partition coefficient (Wildman–Crippen LogP) is 3.33. The minimum atomic E-state index is -3.00. The van der Waals surface area contributed by atoms with Gasteiger partial charge in [-0.2, -0.15) is 8.78 Å². The van der Waals surface area contributed by atoms with E-state index in [1.54, 1.807) is 6.92 Å². The standard InChI is InChI=1S/C23H29F2NO4/c1-4-7-17-12-15(2)21(16(3)13-17)22-18(27)8-5-10-26(11-6-9-19(22)28)20(29)14-30-23(24)25/h12-13,18,22-23,27H,5-6,8-11,14H2,1-3H3. The zero-order valence-electron chi connectivity index (χ0n) is 17.7. The van der Waals surface area contributed by atoms with Crippen molar-refractivity contribution in [2.75, 3.05) is 19.7 Å². The first kappa shape index (κ1) is 24.0. The van der Waals surface area contributed by atoms with Crippen LogP contribution in [0, 0.1) is 25.7 Å². The first-order valence-corrected chi connectivity index (χ1v) is 10.2. The van der Waals surface area contributed by atoms with Gasteiger partial charge in [-0.25, -0.2) is 0 Å². The van der Waals surface area contributed by atoms with Crippen LogP contribution in [0.2, 0.25) is 0 Å². The number of hydrogen-bond donors (Lipinski definition) is 1. The van der Waals surface area contributed by atoms with Crippen LogP contribution in [-0.2, 0) is 14.3 Å². The van der Waals surface area contributed by atoms with Crippen LogP contribution >= 0.6 is 0 Å². The van der Waals surface area contributed by atoms with Crippen LogP contribution in [0.15, 0.2) is 12.1 Å². The molecule has 164 valence electrons. The van der Waals surface area contributed by atoms with Gasteiger partial charge in [-0.05, 0) is 68.9 Å². The number of rotatable bonds is 4. The van der Waals surface area contributed by atoms with Crippen molar-refractivity contribution in [1.29, 1.82) is 0 Å². The minimum absolute atomic E-state index is 0.0823. The second-order valence-electron chi connectivity index (χ2n) is 7.61. The maximum absolute atomic E-state index is 13.0. The second kappa shape index (κ2) is 11.2. The summed E-state index contributed by atoms with van der Waals surface area (Å²) < 4.78 is 28.5. The number of amides is 1. The number of ether oxygens (including phenoxy) is 1. The number of benzene rings is 1. The third-order valence-corrected chi connectivity index (χ3v) is 5.37. The lowest BCUT2D eigenvalue weighted by Crippen LogP contribution is -2.38. The summed E-state index contributed by atoms with van der Waals surface area (Å²) in [5.74, 6) is 4.65. The summed E-state index contributed by atoms with van der Waals surface area (Å²) in [5.41, 5.74) is 3.55. The molecule has 5 nitrogen and oxygen atoms in total. The molecule has 1 heterocycles. The average Bonchev–Trinajstić information content (AvgIpc) is 2.67. The highest BCUT2D eigenvalue weighted by atomic mass is 19.3. The van der Waals surface area contributed by atoms with Crippen LogP contribution in [0.4, 0.5) is 8.78 Å². The van der Waals surface area contributed by atoms with Crippen LogP contribution in [0.5, 0.6) is 0 Å². The Morgan fingerprint density at radius 3 is 2.50 bits per heavy atom. The van der Waals surface area contributed by atoms with Crippen LogP contribution in [-0.4, -0.2) is 54.1 Å². The van der Waals surface area contributed by atoms with Crippen molar-refractivity contribution in [1.82, 2.24) is 4.90 Å². The average molecular weight is 421 g/mol. The molecule has 0 radical (unpaired) electrons. The quantitative estimate of drug-likeness (QED) is 0.758. The SMILES string of the molecule is CC#Cc1cc(C)c(C2C(=O)CCCN(C(=O)COC(F)F)CCCC2O)c(C)c1. The van der Waals surface area contributed by atoms with E-state index >= 15 is 0 Å². The molecular formula is C23H29F2NO4. The molecule has 2 atom stereocenters. The van der Waals surface area contributed by atoms with Crippen molar-refractivity contribution in [3.05, 3.63) is 34.4 Å². The predicted molar refractivity (Wildman–Crippen MR) is 109 cm³/mol. The third-order valence-electron chi connectivity index (χ3n) is 5.37. The summed E-state index contributed by atoms with van der Waals surface area (Å²) in [5, 5.41) is 10.9. The van der Waals surface area contributed by atoms with E-state index < -0.39 is 31.1 Å². The largest absolute Gasteiger partial charge is 0.392 e. The molecule has 1 aliphatic heterocycles. The van der Waals surface area contributed by atoms with E-state index in [-0.39, 0.29) is 12.2 Å². The number of aliphatic hydroxyl groups excluding tert-OH is 1. The van der Waals surface area contributed by atoms with E-state index in [1.165, 1.54) is 4.90 Å². The number of alkyl halides is 2. The highest BCUT2D eigenvalue weighted by Gasteiger charge is 2.31. The lowest BCUT2D eigenvalue weighted by molar-refractivity contribution is -0.160. The third kappa shape index (κ3) is 6.35. The molecule has 0 aliphatic carbocycles. The number of ketones is 1. The maximum Gasteiger partial charge on any atom is 0.345 e. The van der Waals surface area contributed by atoms with Gasteiger partial charge < -0.3 is 14.7 Å². The van der Waals surface area contributed by atoms with Crippen molar-refractivity contribution in [2.24, 2.45) is 0 Å². The van der Waals surface area contributed by atoms with Crippen molar-refractivity contribution in [2.45, 2.75) is 65.1 Å². The summed E-state index contributed by atoms with van der Waals surface area (Å²) in [6, 6.07) is 3.86. The second-order valence-corrected chi connectivity index (χ2v) is 7.61. The first-order chi connectivity index (χ1) is 14.2. The van der Waals surface area contributed by atoms with Gasteiger partial charge in [-0.1, -0.05) is 5.92 Å². The van der Waals surface area contributed by atoms with Crippen LogP contribution in [0.1, 0.15) is 60.8 Å². The van der Waals surface area contributed by atoms with Gasteiger partial charge in [0.25, 0.3) is 0 Å². The van der Waals surface area contributed by atoms with E-state index in [1.807, 2.05) is 26.0 Å². The Morgan fingerprint density at radius 2 is 1.90 bits per heavy atom. The molecule has 2 unspecified atom stereocenters. The normalized spacial score (nSPS) is 20.6. The molecule has 1 fully saturated rings. The topological polar surface area (TPSA) is 66.8 Å². The van der Waals surface area contributed by atoms with Crippen molar-refractivity contribution < 1.29 is 28.2 Å². The molecule has 1 aliphatic rings. The maximum atomic E-state index is 13.0. The molecule has 1 N–H and O–H groups in total. The minimum Gasteiger partial charge on any atom is -0.392 e. The van der Waals surface area contributed by atoms with Crippen molar-refractivity contribution >= 4 is 11.7 Å². The Bertz CT molecular complexity index is 805. The Morgan fingerprint density at radius 1 is 1.27 bits per heavy atom. The van der Waals surface area contributed by atoms with Gasteiger partial charge in [-0.3, -0.25) is 9.59 Å². The van der Waals surface area contributed by atoms with Crippen LogP contribution < -0.4 is 0 Å². The number of carbonyl (C=O) groups excluding carboxylic acids is 2. The zero-order chi connectivity index (χ0) is 22.3. The number of aliphatic hydroxyl groups is 1. The van der Waals surface area contributed by atoms with E-state index in [2.05, 4.69) is 16.6 Å². The van der Waals surface area contributed by atoms with Gasteiger partial charge >= 0.3 is 6.61 Å².